The molecule has 4 atom stereocenters. The van der Waals surface area contributed by atoms with Crippen molar-refractivity contribution in [2.45, 2.75) is 57.5 Å². The number of benzene rings is 3. The number of aliphatic hydroxyl groups is 2. The minimum Gasteiger partial charge on any atom is -0.387 e. The van der Waals surface area contributed by atoms with Crippen LogP contribution in [0.3, 0.4) is 0 Å². The van der Waals surface area contributed by atoms with Gasteiger partial charge >= 0.3 is 0 Å². The van der Waals surface area contributed by atoms with Crippen molar-refractivity contribution in [3.05, 3.63) is 131 Å². The first-order valence-electron chi connectivity index (χ1n) is 14.8. The Bertz CT molecular complexity index is 1480. The second-order valence-corrected chi connectivity index (χ2v) is 11.1. The molecule has 0 saturated heterocycles. The van der Waals surface area contributed by atoms with Crippen LogP contribution in [0.4, 0.5) is 5.82 Å². The van der Waals surface area contributed by atoms with Gasteiger partial charge in [-0.2, -0.15) is 0 Å². The number of nitrogen functional groups attached to an aromatic ring is 1. The van der Waals surface area contributed by atoms with Gasteiger partial charge in [0.25, 0.3) is 5.91 Å². The van der Waals surface area contributed by atoms with Crippen LogP contribution in [0.1, 0.15) is 64.2 Å². The molecule has 3 aromatic carbocycles. The predicted molar refractivity (Wildman–Crippen MR) is 172 cm³/mol. The summed E-state index contributed by atoms with van der Waals surface area (Å²) in [6.07, 6.45) is 1.15. The van der Waals surface area contributed by atoms with E-state index in [1.54, 1.807) is 37.4 Å². The second kappa shape index (κ2) is 15.8. The van der Waals surface area contributed by atoms with Crippen molar-refractivity contribution in [3.8, 4) is 0 Å². The number of aromatic nitrogens is 1. The lowest BCUT2D eigenvalue weighted by Gasteiger charge is -2.20. The number of anilines is 1. The fourth-order valence-corrected chi connectivity index (χ4v) is 4.79. The first-order chi connectivity index (χ1) is 21.2. The Labute approximate surface area is 258 Å². The van der Waals surface area contributed by atoms with Crippen molar-refractivity contribution in [2.75, 3.05) is 12.3 Å². The van der Waals surface area contributed by atoms with Gasteiger partial charge in [0, 0.05) is 36.5 Å². The van der Waals surface area contributed by atoms with Crippen molar-refractivity contribution in [3.63, 3.8) is 0 Å². The zero-order chi connectivity index (χ0) is 31.5. The van der Waals surface area contributed by atoms with E-state index >= 15 is 0 Å². The highest BCUT2D eigenvalue weighted by atomic mass is 16.3. The highest BCUT2D eigenvalue weighted by molar-refractivity contribution is 5.94. The lowest BCUT2D eigenvalue weighted by atomic mass is 10.0. The van der Waals surface area contributed by atoms with Crippen molar-refractivity contribution >= 4 is 17.6 Å². The molecule has 1 heterocycles. The number of hydrogen-bond donors (Lipinski definition) is 6. The van der Waals surface area contributed by atoms with Gasteiger partial charge in [-0.15, -0.1) is 0 Å². The van der Waals surface area contributed by atoms with E-state index in [0.29, 0.717) is 30.0 Å². The van der Waals surface area contributed by atoms with Gasteiger partial charge in [-0.25, -0.2) is 4.98 Å². The van der Waals surface area contributed by atoms with Gasteiger partial charge in [-0.1, -0.05) is 72.8 Å². The number of amides is 2. The number of carbonyl (C=O) groups excluding carboxylic acids is 2. The SMILES string of the molecule is CC(Cc1ccc(CC(=O)NCc2ccc(C(=O)N[C@H](C)[C@@H](O)c3ccccc3)cc2)cc1)NC[C@H](O)c1ccc(N)nc1. The van der Waals surface area contributed by atoms with Crippen molar-refractivity contribution < 1.29 is 19.8 Å². The highest BCUT2D eigenvalue weighted by Crippen LogP contribution is 2.17. The highest BCUT2D eigenvalue weighted by Gasteiger charge is 2.19. The van der Waals surface area contributed by atoms with E-state index in [1.807, 2.05) is 66.7 Å². The number of pyridine rings is 1. The maximum atomic E-state index is 12.7. The van der Waals surface area contributed by atoms with Crippen molar-refractivity contribution in [1.82, 2.24) is 20.9 Å². The maximum Gasteiger partial charge on any atom is 0.251 e. The number of carbonyl (C=O) groups is 2. The van der Waals surface area contributed by atoms with E-state index in [4.69, 9.17) is 5.73 Å². The second-order valence-electron chi connectivity index (χ2n) is 11.1. The summed E-state index contributed by atoms with van der Waals surface area (Å²) in [5.74, 6) is 0.0541. The Morgan fingerprint density at radius 1 is 0.818 bits per heavy atom. The molecule has 0 aliphatic rings. The Morgan fingerprint density at radius 3 is 2.14 bits per heavy atom. The van der Waals surface area contributed by atoms with Crippen LogP contribution < -0.4 is 21.7 Å². The van der Waals surface area contributed by atoms with Crippen LogP contribution in [-0.2, 0) is 24.2 Å². The van der Waals surface area contributed by atoms with Crippen molar-refractivity contribution in [2.24, 2.45) is 0 Å². The van der Waals surface area contributed by atoms with Crippen LogP contribution in [0.25, 0.3) is 0 Å². The fraction of sp³-hybridized carbons (Fsp3) is 0.286. The van der Waals surface area contributed by atoms with Crippen LogP contribution in [0.2, 0.25) is 0 Å². The largest absolute Gasteiger partial charge is 0.387 e. The summed E-state index contributed by atoms with van der Waals surface area (Å²) < 4.78 is 0. The Kier molecular flexibility index (Phi) is 11.6. The molecule has 9 heteroatoms. The van der Waals surface area contributed by atoms with Gasteiger partial charge in [-0.05, 0) is 60.7 Å². The molecule has 4 rings (SSSR count). The Hall–Kier alpha value is -4.57. The maximum absolute atomic E-state index is 12.7. The normalized spacial score (nSPS) is 13.8. The van der Waals surface area contributed by atoms with Crippen LogP contribution in [0.15, 0.2) is 97.2 Å². The number of nitrogens with zero attached hydrogens (tertiary/aromatic N) is 1. The number of aliphatic hydroxyl groups excluding tert-OH is 2. The molecule has 0 aliphatic heterocycles. The molecule has 0 aliphatic carbocycles. The van der Waals surface area contributed by atoms with Gasteiger partial charge in [0.2, 0.25) is 5.91 Å². The molecular weight excluding hydrogens is 554 g/mol. The molecule has 0 radical (unpaired) electrons. The average Bonchev–Trinajstić information content (AvgIpc) is 3.04. The van der Waals surface area contributed by atoms with E-state index in [1.165, 1.54) is 0 Å². The summed E-state index contributed by atoms with van der Waals surface area (Å²) in [5, 5.41) is 30.0. The summed E-state index contributed by atoms with van der Waals surface area (Å²) in [6.45, 7) is 4.58. The third-order valence-corrected chi connectivity index (χ3v) is 7.46. The molecule has 1 aromatic heterocycles. The van der Waals surface area contributed by atoms with E-state index in [-0.39, 0.29) is 24.3 Å². The minimum atomic E-state index is -0.809. The standard InChI is InChI=1S/C35H41N5O4/c1-23(37-22-31(41)30-16-17-32(36)38-21-30)18-25-8-10-26(11-9-25)19-33(42)39-20-27-12-14-29(15-13-27)35(44)40-24(2)34(43)28-6-4-3-5-7-28/h3-17,21,23-24,31,34,37,41,43H,18-20,22H2,1-2H3,(H2,36,38)(H,39,42)(H,40,44)/t23?,24-,31+,34-/m1/s1. The van der Waals surface area contributed by atoms with Gasteiger partial charge in [0.15, 0.2) is 0 Å². The molecule has 7 N–H and O–H groups in total. The number of rotatable bonds is 14. The fourth-order valence-electron chi connectivity index (χ4n) is 4.79. The monoisotopic (exact) mass is 595 g/mol. The molecule has 9 nitrogen and oxygen atoms in total. The van der Waals surface area contributed by atoms with Crippen LogP contribution in [0, 0.1) is 0 Å². The molecular formula is C35H41N5O4. The average molecular weight is 596 g/mol. The van der Waals surface area contributed by atoms with Gasteiger partial charge < -0.3 is 31.9 Å². The lowest BCUT2D eigenvalue weighted by molar-refractivity contribution is -0.120. The summed E-state index contributed by atoms with van der Waals surface area (Å²) in [6, 6.07) is 27.3. The smallest absolute Gasteiger partial charge is 0.251 e. The van der Waals surface area contributed by atoms with Crippen LogP contribution >= 0.6 is 0 Å². The lowest BCUT2D eigenvalue weighted by Crippen LogP contribution is -2.37. The zero-order valence-electron chi connectivity index (χ0n) is 25.1. The summed E-state index contributed by atoms with van der Waals surface area (Å²) in [7, 11) is 0. The van der Waals surface area contributed by atoms with E-state index < -0.39 is 18.2 Å². The van der Waals surface area contributed by atoms with E-state index in [9.17, 15) is 19.8 Å². The molecule has 0 spiro atoms. The topological polar surface area (TPSA) is 150 Å². The molecule has 2 amide bonds. The first kappa shape index (κ1) is 32.3. The molecule has 0 saturated carbocycles. The zero-order valence-corrected chi connectivity index (χ0v) is 25.1. The Morgan fingerprint density at radius 2 is 1.48 bits per heavy atom. The summed E-state index contributed by atoms with van der Waals surface area (Å²) in [4.78, 5) is 29.3. The number of nitrogens with one attached hydrogen (secondary N) is 3. The Balaban J connectivity index is 1.17. The molecule has 1 unspecified atom stereocenters. The third kappa shape index (κ3) is 9.74. The van der Waals surface area contributed by atoms with Crippen LogP contribution in [0.5, 0.6) is 0 Å². The number of nitrogens with two attached hydrogens (primary N) is 1. The summed E-state index contributed by atoms with van der Waals surface area (Å²) >= 11 is 0. The third-order valence-electron chi connectivity index (χ3n) is 7.46. The molecule has 0 fully saturated rings. The van der Waals surface area contributed by atoms with Gasteiger partial charge in [-0.3, -0.25) is 9.59 Å². The van der Waals surface area contributed by atoms with E-state index in [0.717, 1.165) is 28.7 Å². The quantitative estimate of drug-likeness (QED) is 0.130. The molecule has 4 aromatic rings. The predicted octanol–water partition coefficient (Wildman–Crippen LogP) is 3.63. The summed E-state index contributed by atoms with van der Waals surface area (Å²) in [5.41, 5.74) is 10.5. The molecule has 230 valence electrons. The number of hydrogen-bond acceptors (Lipinski definition) is 7. The van der Waals surface area contributed by atoms with Gasteiger partial charge in [0.1, 0.15) is 5.82 Å². The first-order valence-corrected chi connectivity index (χ1v) is 14.8. The minimum absolute atomic E-state index is 0.0931. The van der Waals surface area contributed by atoms with Gasteiger partial charge in [0.05, 0.1) is 24.7 Å². The van der Waals surface area contributed by atoms with Crippen molar-refractivity contribution in [1.29, 1.82) is 0 Å². The molecule has 0 bridgehead atoms. The molecule has 44 heavy (non-hydrogen) atoms. The van der Waals surface area contributed by atoms with Crippen LogP contribution in [-0.4, -0.2) is 45.6 Å². The van der Waals surface area contributed by atoms with E-state index in [2.05, 4.69) is 27.9 Å².